The lowest BCUT2D eigenvalue weighted by molar-refractivity contribution is -0.134. The quantitative estimate of drug-likeness (QED) is 0.857. The minimum Gasteiger partial charge on any atom is -0.354 e. The number of aromatic nitrogens is 1. The van der Waals surface area contributed by atoms with Gasteiger partial charge >= 0.3 is 6.18 Å². The highest BCUT2D eigenvalue weighted by molar-refractivity contribution is 7.15. The van der Waals surface area contributed by atoms with Crippen LogP contribution in [0.15, 0.2) is 36.5 Å². The first kappa shape index (κ1) is 16.3. The maximum atomic E-state index is 12.4. The maximum absolute atomic E-state index is 12.4. The molecule has 4 nitrogen and oxygen atoms in total. The topological polar surface area (TPSA) is 54.0 Å². The molecule has 0 saturated carbocycles. The monoisotopic (exact) mass is 329 g/mol. The molecule has 0 bridgehead atoms. The third-order valence-corrected chi connectivity index (χ3v) is 3.76. The molecule has 0 saturated heterocycles. The molecule has 0 aliphatic carbocycles. The Morgan fingerprint density at radius 1 is 1.23 bits per heavy atom. The van der Waals surface area contributed by atoms with Crippen LogP contribution in [-0.2, 0) is 17.4 Å². The van der Waals surface area contributed by atoms with Gasteiger partial charge in [0, 0.05) is 6.54 Å². The van der Waals surface area contributed by atoms with Gasteiger partial charge in [-0.15, -0.1) is 0 Å². The number of anilines is 1. The molecule has 1 heterocycles. The minimum atomic E-state index is -4.41. The second kappa shape index (κ2) is 7.26. The molecule has 2 aromatic rings. The molecule has 1 aromatic carbocycles. The Balaban J connectivity index is 1.70. The van der Waals surface area contributed by atoms with Crippen molar-refractivity contribution in [3.05, 3.63) is 47.0 Å². The van der Waals surface area contributed by atoms with Gasteiger partial charge in [0.05, 0.1) is 12.7 Å². The van der Waals surface area contributed by atoms with Crippen LogP contribution in [0.5, 0.6) is 0 Å². The smallest absolute Gasteiger partial charge is 0.354 e. The van der Waals surface area contributed by atoms with Crippen molar-refractivity contribution < 1.29 is 18.0 Å². The lowest BCUT2D eigenvalue weighted by Crippen LogP contribution is -2.31. The van der Waals surface area contributed by atoms with Crippen LogP contribution in [-0.4, -0.2) is 24.0 Å². The maximum Gasteiger partial charge on any atom is 0.427 e. The number of hydrogen-bond acceptors (Lipinski definition) is 4. The van der Waals surface area contributed by atoms with E-state index >= 15 is 0 Å². The Morgan fingerprint density at radius 3 is 2.59 bits per heavy atom. The molecule has 0 atom stereocenters. The molecule has 0 fully saturated rings. The van der Waals surface area contributed by atoms with Gasteiger partial charge in [-0.2, -0.15) is 13.2 Å². The Kier molecular flexibility index (Phi) is 5.37. The fourth-order valence-electron chi connectivity index (χ4n) is 1.70. The molecule has 1 amide bonds. The van der Waals surface area contributed by atoms with Crippen molar-refractivity contribution in [2.45, 2.75) is 12.6 Å². The number of amides is 1. The van der Waals surface area contributed by atoms with E-state index in [1.807, 2.05) is 30.3 Å². The van der Waals surface area contributed by atoms with Gasteiger partial charge < -0.3 is 10.6 Å². The summed E-state index contributed by atoms with van der Waals surface area (Å²) in [6.45, 7) is 0.357. The molecule has 8 heteroatoms. The van der Waals surface area contributed by atoms with Gasteiger partial charge in [0.2, 0.25) is 5.91 Å². The van der Waals surface area contributed by atoms with Crippen LogP contribution in [0.1, 0.15) is 10.4 Å². The number of hydrogen-bond donors (Lipinski definition) is 2. The molecule has 0 spiro atoms. The Morgan fingerprint density at radius 2 is 1.95 bits per heavy atom. The van der Waals surface area contributed by atoms with Gasteiger partial charge in [0.15, 0.2) is 5.13 Å². The number of carbonyl (C=O) groups is 1. The average Bonchev–Trinajstić information content (AvgIpc) is 2.95. The average molecular weight is 329 g/mol. The van der Waals surface area contributed by atoms with E-state index in [4.69, 9.17) is 0 Å². The van der Waals surface area contributed by atoms with Crippen molar-refractivity contribution in [2.24, 2.45) is 0 Å². The largest absolute Gasteiger partial charge is 0.427 e. The third kappa shape index (κ3) is 5.03. The van der Waals surface area contributed by atoms with Crippen LogP contribution < -0.4 is 10.6 Å². The van der Waals surface area contributed by atoms with Crippen LogP contribution in [0.2, 0.25) is 0 Å². The molecule has 0 unspecified atom stereocenters. The van der Waals surface area contributed by atoms with Gasteiger partial charge in [-0.25, -0.2) is 4.98 Å². The second-order valence-corrected chi connectivity index (χ2v) is 5.50. The number of rotatable bonds is 6. The van der Waals surface area contributed by atoms with E-state index in [0.29, 0.717) is 24.3 Å². The molecule has 0 radical (unpaired) electrons. The summed E-state index contributed by atoms with van der Waals surface area (Å²) in [5.74, 6) is -0.292. The fourth-order valence-corrected chi connectivity index (χ4v) is 2.38. The van der Waals surface area contributed by atoms with Gasteiger partial charge in [-0.05, 0) is 12.0 Å². The summed E-state index contributed by atoms with van der Waals surface area (Å²) in [6, 6.07) is 9.66. The number of alkyl halides is 3. The molecule has 0 aliphatic rings. The number of nitrogens with zero attached hydrogens (tertiary/aromatic N) is 1. The van der Waals surface area contributed by atoms with Gasteiger partial charge in [-0.1, -0.05) is 41.7 Å². The Hall–Kier alpha value is -2.09. The van der Waals surface area contributed by atoms with Crippen LogP contribution in [0.4, 0.5) is 18.3 Å². The van der Waals surface area contributed by atoms with Crippen LogP contribution in [0.25, 0.3) is 0 Å². The van der Waals surface area contributed by atoms with E-state index < -0.39 is 11.1 Å². The molecule has 0 aliphatic heterocycles. The zero-order valence-corrected chi connectivity index (χ0v) is 12.3. The van der Waals surface area contributed by atoms with Crippen molar-refractivity contribution in [1.29, 1.82) is 0 Å². The summed E-state index contributed by atoms with van der Waals surface area (Å²) in [7, 11) is 0. The summed E-state index contributed by atoms with van der Waals surface area (Å²) in [5, 5.41) is 5.35. The molecule has 118 valence electrons. The van der Waals surface area contributed by atoms with E-state index in [9.17, 15) is 18.0 Å². The standard InChI is InChI=1S/C14H14F3N3OS/c15-14(16,17)11-8-19-13(22-11)20-9-12(21)18-7-6-10-4-2-1-3-5-10/h1-5,8H,6-7,9H2,(H,18,21)(H,19,20). The van der Waals surface area contributed by atoms with Crippen LogP contribution >= 0.6 is 11.3 Å². The van der Waals surface area contributed by atoms with Crippen molar-refractivity contribution in [1.82, 2.24) is 10.3 Å². The highest BCUT2D eigenvalue weighted by Gasteiger charge is 2.33. The SMILES string of the molecule is O=C(CNc1ncc(C(F)(F)F)s1)NCCc1ccccc1. The Bertz CT molecular complexity index is 613. The zero-order chi connectivity index (χ0) is 16.0. The molecule has 1 aromatic heterocycles. The van der Waals surface area contributed by atoms with E-state index in [1.165, 1.54) is 0 Å². The predicted molar refractivity (Wildman–Crippen MR) is 78.8 cm³/mol. The summed E-state index contributed by atoms with van der Waals surface area (Å²) in [5.41, 5.74) is 1.10. The van der Waals surface area contributed by atoms with Gasteiger partial charge in [0.1, 0.15) is 4.88 Å². The van der Waals surface area contributed by atoms with E-state index in [1.54, 1.807) is 0 Å². The summed E-state index contributed by atoms with van der Waals surface area (Å²) in [6.07, 6.45) is -2.96. The normalized spacial score (nSPS) is 11.2. The zero-order valence-electron chi connectivity index (χ0n) is 11.5. The van der Waals surface area contributed by atoms with Crippen molar-refractivity contribution in [3.63, 3.8) is 0 Å². The predicted octanol–water partition coefficient (Wildman–Crippen LogP) is 2.93. The van der Waals surface area contributed by atoms with Crippen LogP contribution in [0.3, 0.4) is 0 Å². The minimum absolute atomic E-state index is 0.0746. The summed E-state index contributed by atoms with van der Waals surface area (Å²) in [4.78, 5) is 14.4. The number of thiazole rings is 1. The lowest BCUT2D eigenvalue weighted by Gasteiger charge is -2.06. The molecule has 2 rings (SSSR count). The number of nitrogens with one attached hydrogen (secondary N) is 2. The van der Waals surface area contributed by atoms with Gasteiger partial charge in [-0.3, -0.25) is 4.79 Å². The first-order chi connectivity index (χ1) is 10.4. The highest BCUT2D eigenvalue weighted by Crippen LogP contribution is 2.34. The lowest BCUT2D eigenvalue weighted by atomic mass is 10.1. The molecule has 2 N–H and O–H groups in total. The molecule has 22 heavy (non-hydrogen) atoms. The number of carbonyl (C=O) groups excluding carboxylic acids is 1. The first-order valence-electron chi connectivity index (χ1n) is 6.52. The van der Waals surface area contributed by atoms with Crippen molar-refractivity contribution >= 4 is 22.4 Å². The Labute approximate surface area is 129 Å². The van der Waals surface area contributed by atoms with Crippen molar-refractivity contribution in [2.75, 3.05) is 18.4 Å². The number of halogens is 3. The number of benzene rings is 1. The second-order valence-electron chi connectivity index (χ2n) is 4.47. The van der Waals surface area contributed by atoms with E-state index in [2.05, 4.69) is 15.6 Å². The van der Waals surface area contributed by atoms with E-state index in [0.717, 1.165) is 11.8 Å². The summed E-state index contributed by atoms with van der Waals surface area (Å²) >= 11 is 0.475. The third-order valence-electron chi connectivity index (χ3n) is 2.76. The van der Waals surface area contributed by atoms with E-state index in [-0.39, 0.29) is 17.6 Å². The summed E-state index contributed by atoms with van der Waals surface area (Å²) < 4.78 is 37.2. The fraction of sp³-hybridized carbons (Fsp3) is 0.286. The highest BCUT2D eigenvalue weighted by atomic mass is 32.1. The molecular weight excluding hydrogens is 315 g/mol. The van der Waals surface area contributed by atoms with Gasteiger partial charge in [0.25, 0.3) is 0 Å². The first-order valence-corrected chi connectivity index (χ1v) is 7.34. The van der Waals surface area contributed by atoms with Crippen LogP contribution in [0, 0.1) is 0 Å². The van der Waals surface area contributed by atoms with Crippen molar-refractivity contribution in [3.8, 4) is 0 Å². The molecular formula is C14H14F3N3OS.